The zero-order chi connectivity index (χ0) is 17.5. The molecule has 0 aliphatic heterocycles. The van der Waals surface area contributed by atoms with Crippen LogP contribution in [-0.4, -0.2) is 26.9 Å². The van der Waals surface area contributed by atoms with Gasteiger partial charge in [0.15, 0.2) is 5.69 Å². The molecule has 0 amide bonds. The summed E-state index contributed by atoms with van der Waals surface area (Å²) < 4.78 is 39.2. The predicted octanol–water partition coefficient (Wildman–Crippen LogP) is 2.39. The zero-order valence-electron chi connectivity index (χ0n) is 12.9. The molecule has 0 radical (unpaired) electrons. The lowest BCUT2D eigenvalue weighted by Crippen LogP contribution is -2.29. The van der Waals surface area contributed by atoms with Crippen LogP contribution in [-0.2, 0) is 32.6 Å². The topological polar surface area (TPSA) is 67.2 Å². The average molecular weight is 339 g/mol. The van der Waals surface area contributed by atoms with Gasteiger partial charge in [-0.2, -0.15) is 18.3 Å². The summed E-state index contributed by atoms with van der Waals surface area (Å²) in [6, 6.07) is 6.13. The molecule has 0 fully saturated rings. The summed E-state index contributed by atoms with van der Waals surface area (Å²) in [5.41, 5.74) is 1.83. The molecule has 5 nitrogen and oxygen atoms in total. The summed E-state index contributed by atoms with van der Waals surface area (Å²) in [5, 5.41) is 15.7. The molecule has 1 atom stereocenters. The summed E-state index contributed by atoms with van der Waals surface area (Å²) in [4.78, 5) is 11.0. The van der Waals surface area contributed by atoms with Crippen molar-refractivity contribution in [1.29, 1.82) is 0 Å². The highest BCUT2D eigenvalue weighted by Crippen LogP contribution is 2.28. The molecule has 1 unspecified atom stereocenters. The van der Waals surface area contributed by atoms with Crippen molar-refractivity contribution in [3.63, 3.8) is 0 Å². The molecule has 3 rings (SSSR count). The lowest BCUT2D eigenvalue weighted by Gasteiger charge is -2.11. The highest BCUT2D eigenvalue weighted by atomic mass is 19.4. The van der Waals surface area contributed by atoms with Gasteiger partial charge in [0.25, 0.3) is 0 Å². The third-order valence-corrected chi connectivity index (χ3v) is 4.22. The van der Waals surface area contributed by atoms with E-state index in [1.165, 1.54) is 11.7 Å². The van der Waals surface area contributed by atoms with Crippen molar-refractivity contribution in [2.45, 2.75) is 31.6 Å². The smallest absolute Gasteiger partial charge is 0.435 e. The van der Waals surface area contributed by atoms with Crippen molar-refractivity contribution in [3.05, 3.63) is 52.3 Å². The molecule has 0 bridgehead atoms. The van der Waals surface area contributed by atoms with Crippen LogP contribution in [0.4, 0.5) is 13.2 Å². The highest BCUT2D eigenvalue weighted by Gasteiger charge is 2.34. The van der Waals surface area contributed by atoms with Gasteiger partial charge in [0.2, 0.25) is 0 Å². The quantitative estimate of drug-likeness (QED) is 0.898. The molecule has 1 aromatic carbocycles. The Morgan fingerprint density at radius 1 is 1.33 bits per heavy atom. The molecule has 1 aliphatic rings. The second kappa shape index (κ2) is 5.94. The first-order valence-corrected chi connectivity index (χ1v) is 7.42. The molecular formula is C16H16F3N3O2. The van der Waals surface area contributed by atoms with Gasteiger partial charge in [-0.1, -0.05) is 6.07 Å². The number of fused-ring (bicyclic) bond motifs is 1. The average Bonchev–Trinajstić information content (AvgIpc) is 3.06. The maximum absolute atomic E-state index is 12.7. The van der Waals surface area contributed by atoms with Crippen molar-refractivity contribution < 1.29 is 23.1 Å². The second-order valence-corrected chi connectivity index (χ2v) is 5.92. The standard InChI is InChI=1S/C16H16F3N3O2/c1-22-13(7-14(21-22)16(17,18)19)8-20-12-5-9-2-3-10(15(23)24)4-11(9)6-12/h2-4,7,12,20H,5-6,8H2,1H3,(H,23,24). The minimum Gasteiger partial charge on any atom is -0.478 e. The van der Waals surface area contributed by atoms with Crippen molar-refractivity contribution >= 4 is 5.97 Å². The first-order valence-electron chi connectivity index (χ1n) is 7.42. The van der Waals surface area contributed by atoms with E-state index in [4.69, 9.17) is 5.11 Å². The van der Waals surface area contributed by atoms with Gasteiger partial charge in [-0.05, 0) is 42.2 Å². The summed E-state index contributed by atoms with van der Waals surface area (Å²) in [6.45, 7) is 0.268. The molecule has 0 saturated heterocycles. The van der Waals surface area contributed by atoms with Crippen LogP contribution in [0.5, 0.6) is 0 Å². The molecule has 0 spiro atoms. The van der Waals surface area contributed by atoms with E-state index >= 15 is 0 Å². The Hall–Kier alpha value is -2.35. The van der Waals surface area contributed by atoms with Gasteiger partial charge in [-0.15, -0.1) is 0 Å². The number of hydrogen-bond donors (Lipinski definition) is 2. The Labute approximate surface area is 136 Å². The molecule has 24 heavy (non-hydrogen) atoms. The molecule has 2 N–H and O–H groups in total. The van der Waals surface area contributed by atoms with Gasteiger partial charge in [0.1, 0.15) is 0 Å². The van der Waals surface area contributed by atoms with Crippen LogP contribution in [0.25, 0.3) is 0 Å². The Balaban J connectivity index is 1.65. The highest BCUT2D eigenvalue weighted by molar-refractivity contribution is 5.88. The van der Waals surface area contributed by atoms with Crippen LogP contribution in [0.15, 0.2) is 24.3 Å². The van der Waals surface area contributed by atoms with Crippen LogP contribution in [0, 0.1) is 0 Å². The maximum atomic E-state index is 12.7. The van der Waals surface area contributed by atoms with E-state index in [9.17, 15) is 18.0 Å². The predicted molar refractivity (Wildman–Crippen MR) is 79.6 cm³/mol. The third-order valence-electron chi connectivity index (χ3n) is 4.22. The number of carbonyl (C=O) groups is 1. The first kappa shape index (κ1) is 16.5. The van der Waals surface area contributed by atoms with Gasteiger partial charge in [-0.3, -0.25) is 4.68 Å². The number of carboxylic acid groups (broad SMARTS) is 1. The minimum absolute atomic E-state index is 0.0632. The maximum Gasteiger partial charge on any atom is 0.435 e. The summed E-state index contributed by atoms with van der Waals surface area (Å²) in [7, 11) is 1.48. The van der Waals surface area contributed by atoms with Gasteiger partial charge < -0.3 is 10.4 Å². The lowest BCUT2D eigenvalue weighted by molar-refractivity contribution is -0.141. The number of aromatic nitrogens is 2. The van der Waals surface area contributed by atoms with E-state index in [0.29, 0.717) is 12.1 Å². The second-order valence-electron chi connectivity index (χ2n) is 5.92. The van der Waals surface area contributed by atoms with Gasteiger partial charge in [0, 0.05) is 19.6 Å². The fourth-order valence-corrected chi connectivity index (χ4v) is 2.95. The van der Waals surface area contributed by atoms with E-state index in [0.717, 1.165) is 23.6 Å². The Morgan fingerprint density at radius 2 is 2.04 bits per heavy atom. The van der Waals surface area contributed by atoms with Crippen LogP contribution in [0.3, 0.4) is 0 Å². The fourth-order valence-electron chi connectivity index (χ4n) is 2.95. The third kappa shape index (κ3) is 3.28. The van der Waals surface area contributed by atoms with Gasteiger partial charge in [0.05, 0.1) is 11.3 Å². The van der Waals surface area contributed by atoms with Gasteiger partial charge in [-0.25, -0.2) is 4.79 Å². The van der Waals surface area contributed by atoms with E-state index in [1.807, 2.05) is 0 Å². The molecular weight excluding hydrogens is 323 g/mol. The summed E-state index contributed by atoms with van der Waals surface area (Å²) >= 11 is 0. The lowest BCUT2D eigenvalue weighted by atomic mass is 10.1. The number of aromatic carboxylic acids is 1. The minimum atomic E-state index is -4.45. The molecule has 1 aliphatic carbocycles. The first-order chi connectivity index (χ1) is 11.2. The van der Waals surface area contributed by atoms with E-state index in [1.54, 1.807) is 18.2 Å². The number of carboxylic acids is 1. The van der Waals surface area contributed by atoms with Gasteiger partial charge >= 0.3 is 12.1 Å². The normalized spacial score (nSPS) is 17.1. The molecule has 2 aromatic rings. The number of alkyl halides is 3. The molecule has 0 saturated carbocycles. The number of halogens is 3. The van der Waals surface area contributed by atoms with Crippen molar-refractivity contribution in [2.24, 2.45) is 7.05 Å². The number of rotatable bonds is 4. The van der Waals surface area contributed by atoms with Crippen LogP contribution in [0.2, 0.25) is 0 Å². The largest absolute Gasteiger partial charge is 0.478 e. The van der Waals surface area contributed by atoms with E-state index in [-0.39, 0.29) is 18.2 Å². The summed E-state index contributed by atoms with van der Waals surface area (Å²) in [6.07, 6.45) is -3.08. The van der Waals surface area contributed by atoms with E-state index in [2.05, 4.69) is 10.4 Å². The van der Waals surface area contributed by atoms with Crippen LogP contribution < -0.4 is 5.32 Å². The van der Waals surface area contributed by atoms with Crippen LogP contribution in [0.1, 0.15) is 32.9 Å². The Morgan fingerprint density at radius 3 is 2.67 bits per heavy atom. The van der Waals surface area contributed by atoms with Crippen LogP contribution >= 0.6 is 0 Å². The number of nitrogens with zero attached hydrogens (tertiary/aromatic N) is 2. The Bertz CT molecular complexity index is 783. The summed E-state index contributed by atoms with van der Waals surface area (Å²) in [5.74, 6) is -0.969. The number of hydrogen-bond acceptors (Lipinski definition) is 3. The Kier molecular flexibility index (Phi) is 4.08. The number of benzene rings is 1. The monoisotopic (exact) mass is 339 g/mol. The number of aryl methyl sites for hydroxylation is 1. The van der Waals surface area contributed by atoms with Crippen molar-refractivity contribution in [1.82, 2.24) is 15.1 Å². The molecule has 8 heteroatoms. The fraction of sp³-hybridized carbons (Fsp3) is 0.375. The molecule has 1 aromatic heterocycles. The van der Waals surface area contributed by atoms with Crippen molar-refractivity contribution in [3.8, 4) is 0 Å². The number of nitrogens with one attached hydrogen (secondary N) is 1. The zero-order valence-corrected chi connectivity index (χ0v) is 12.9. The molecule has 1 heterocycles. The molecule has 128 valence electrons. The SMILES string of the molecule is Cn1nc(C(F)(F)F)cc1CNC1Cc2ccc(C(=O)O)cc2C1. The van der Waals surface area contributed by atoms with E-state index < -0.39 is 17.8 Å². The van der Waals surface area contributed by atoms with Crippen molar-refractivity contribution in [2.75, 3.05) is 0 Å².